The van der Waals surface area contributed by atoms with Crippen molar-refractivity contribution >= 4 is 21.6 Å². The summed E-state index contributed by atoms with van der Waals surface area (Å²) in [6.45, 7) is 6.67. The third-order valence-corrected chi connectivity index (χ3v) is 7.67. The number of hydrogen-bond donors (Lipinski definition) is 0. The number of benzene rings is 5. The second-order valence-electron chi connectivity index (χ2n) is 10.5. The first kappa shape index (κ1) is 24.9. The molecule has 1 heterocycles. The zero-order valence-electron chi connectivity index (χ0n) is 22.2. The first-order chi connectivity index (χ1) is 18.9. The number of hydrogen-bond acceptors (Lipinski definition) is 4. The highest BCUT2D eigenvalue weighted by Gasteiger charge is 2.21. The molecule has 0 saturated heterocycles. The van der Waals surface area contributed by atoms with E-state index < -0.39 is 0 Å². The monoisotopic (exact) mass is 527 g/mol. The zero-order chi connectivity index (χ0) is 26.8. The van der Waals surface area contributed by atoms with Gasteiger partial charge in [0.05, 0.1) is 15.8 Å². The summed E-state index contributed by atoms with van der Waals surface area (Å²) in [5, 5.41) is 0.918. The molecule has 39 heavy (non-hydrogen) atoms. The van der Waals surface area contributed by atoms with Crippen molar-refractivity contribution in [1.82, 2.24) is 4.98 Å². The van der Waals surface area contributed by atoms with Gasteiger partial charge in [0.15, 0.2) is 0 Å². The smallest absolute Gasteiger partial charge is 0.139 e. The van der Waals surface area contributed by atoms with Crippen LogP contribution in [0.4, 0.5) is 0 Å². The molecule has 3 nitrogen and oxygen atoms in total. The number of para-hydroxylation sites is 3. The van der Waals surface area contributed by atoms with Gasteiger partial charge in [0, 0.05) is 5.56 Å². The summed E-state index contributed by atoms with van der Waals surface area (Å²) in [4.78, 5) is 4.93. The molecule has 0 fully saturated rings. The van der Waals surface area contributed by atoms with Crippen LogP contribution in [0.25, 0.3) is 31.9 Å². The second-order valence-corrected chi connectivity index (χ2v) is 11.5. The minimum atomic E-state index is 0.0575. The molecule has 0 N–H and O–H groups in total. The Hall–Kier alpha value is -4.41. The van der Waals surface area contributed by atoms with Gasteiger partial charge in [-0.3, -0.25) is 0 Å². The fourth-order valence-corrected chi connectivity index (χ4v) is 5.48. The maximum absolute atomic E-state index is 6.57. The number of nitrogens with zero attached hydrogens (tertiary/aromatic N) is 1. The quantitative estimate of drug-likeness (QED) is 0.216. The summed E-state index contributed by atoms with van der Waals surface area (Å²) in [6.07, 6.45) is 0. The highest BCUT2D eigenvalue weighted by Crippen LogP contribution is 2.46. The summed E-state index contributed by atoms with van der Waals surface area (Å²) in [6, 6.07) is 40.8. The zero-order valence-corrected chi connectivity index (χ0v) is 23.0. The van der Waals surface area contributed by atoms with Crippen LogP contribution < -0.4 is 9.47 Å². The molecule has 4 heteroatoms. The van der Waals surface area contributed by atoms with Crippen LogP contribution in [0.5, 0.6) is 23.0 Å². The van der Waals surface area contributed by atoms with Gasteiger partial charge in [-0.15, -0.1) is 11.3 Å². The third-order valence-electron chi connectivity index (χ3n) is 6.59. The summed E-state index contributed by atoms with van der Waals surface area (Å²) in [7, 11) is 0. The van der Waals surface area contributed by atoms with Gasteiger partial charge < -0.3 is 9.47 Å². The lowest BCUT2D eigenvalue weighted by Crippen LogP contribution is -2.10. The van der Waals surface area contributed by atoms with Crippen LogP contribution in [0.15, 0.2) is 121 Å². The van der Waals surface area contributed by atoms with E-state index in [0.717, 1.165) is 43.4 Å². The van der Waals surface area contributed by atoms with Crippen LogP contribution in [0.1, 0.15) is 26.3 Å². The largest absolute Gasteiger partial charge is 0.457 e. The number of thiazole rings is 1. The van der Waals surface area contributed by atoms with Crippen molar-refractivity contribution in [3.05, 3.63) is 127 Å². The molecule has 0 radical (unpaired) electrons. The SMILES string of the molecule is CC(C)(C)c1ccc(-c2c(Oc3ccccc3)cc(-c3nc4ccccc4s3)cc2Oc2ccccc2)cc1. The highest BCUT2D eigenvalue weighted by atomic mass is 32.1. The molecule has 0 amide bonds. The fraction of sp³-hybridized carbons (Fsp3) is 0.114. The van der Waals surface area contributed by atoms with Crippen molar-refractivity contribution in [1.29, 1.82) is 0 Å². The van der Waals surface area contributed by atoms with Crippen molar-refractivity contribution in [2.24, 2.45) is 0 Å². The molecule has 5 aromatic carbocycles. The van der Waals surface area contributed by atoms with Crippen LogP contribution in [0.2, 0.25) is 0 Å². The van der Waals surface area contributed by atoms with Gasteiger partial charge in [-0.2, -0.15) is 0 Å². The van der Waals surface area contributed by atoms with Crippen molar-refractivity contribution in [3.63, 3.8) is 0 Å². The van der Waals surface area contributed by atoms with Crippen LogP contribution in [-0.2, 0) is 5.41 Å². The Labute approximate surface area is 233 Å². The molecular weight excluding hydrogens is 498 g/mol. The van der Waals surface area contributed by atoms with Gasteiger partial charge in [-0.05, 0) is 65.1 Å². The minimum absolute atomic E-state index is 0.0575. The molecule has 0 aliphatic heterocycles. The van der Waals surface area contributed by atoms with E-state index in [9.17, 15) is 0 Å². The lowest BCUT2D eigenvalue weighted by atomic mass is 9.86. The van der Waals surface area contributed by atoms with Gasteiger partial charge in [0.2, 0.25) is 0 Å². The van der Waals surface area contributed by atoms with Gasteiger partial charge >= 0.3 is 0 Å². The minimum Gasteiger partial charge on any atom is -0.457 e. The van der Waals surface area contributed by atoms with E-state index in [1.807, 2.05) is 78.9 Å². The lowest BCUT2D eigenvalue weighted by Gasteiger charge is -2.21. The van der Waals surface area contributed by atoms with Gasteiger partial charge in [0.25, 0.3) is 0 Å². The molecular formula is C35H29NO2S. The van der Waals surface area contributed by atoms with E-state index in [4.69, 9.17) is 14.5 Å². The van der Waals surface area contributed by atoms with Crippen LogP contribution >= 0.6 is 11.3 Å². The highest BCUT2D eigenvalue weighted by molar-refractivity contribution is 7.21. The Kier molecular flexibility index (Phi) is 6.64. The molecule has 0 atom stereocenters. The third kappa shape index (κ3) is 5.43. The maximum atomic E-state index is 6.57. The van der Waals surface area contributed by atoms with E-state index in [1.54, 1.807) is 11.3 Å². The Morgan fingerprint density at radius 3 is 1.67 bits per heavy atom. The van der Waals surface area contributed by atoms with Crippen molar-refractivity contribution in [2.75, 3.05) is 0 Å². The van der Waals surface area contributed by atoms with E-state index >= 15 is 0 Å². The van der Waals surface area contributed by atoms with E-state index in [1.165, 1.54) is 5.56 Å². The molecule has 0 unspecified atom stereocenters. The Morgan fingerprint density at radius 2 is 1.13 bits per heavy atom. The molecule has 0 saturated carbocycles. The summed E-state index contributed by atoms with van der Waals surface area (Å²) >= 11 is 1.66. The number of fused-ring (bicyclic) bond motifs is 1. The molecule has 6 rings (SSSR count). The van der Waals surface area contributed by atoms with Gasteiger partial charge in [0.1, 0.15) is 28.0 Å². The van der Waals surface area contributed by atoms with Crippen LogP contribution in [0.3, 0.4) is 0 Å². The van der Waals surface area contributed by atoms with Crippen molar-refractivity contribution in [2.45, 2.75) is 26.2 Å². The molecule has 0 aliphatic carbocycles. The van der Waals surface area contributed by atoms with Crippen molar-refractivity contribution in [3.8, 4) is 44.7 Å². The fourth-order valence-electron chi connectivity index (χ4n) is 4.52. The van der Waals surface area contributed by atoms with Crippen LogP contribution in [0, 0.1) is 0 Å². The first-order valence-electron chi connectivity index (χ1n) is 13.0. The van der Waals surface area contributed by atoms with Gasteiger partial charge in [-0.1, -0.05) is 93.6 Å². The van der Waals surface area contributed by atoms with E-state index in [2.05, 4.69) is 63.2 Å². The van der Waals surface area contributed by atoms with E-state index in [-0.39, 0.29) is 5.41 Å². The molecule has 0 spiro atoms. The number of ether oxygens (including phenoxy) is 2. The standard InChI is InChI=1S/C35H29NO2S/c1-35(2,3)26-20-18-24(19-21-26)33-30(37-27-12-6-4-7-13-27)22-25(23-31(33)38-28-14-8-5-9-15-28)34-36-29-16-10-11-17-32(29)39-34/h4-23H,1-3H3. The Balaban J connectivity index is 1.56. The normalized spacial score (nSPS) is 11.5. The predicted octanol–water partition coefficient (Wildman–Crippen LogP) is 10.5. The Bertz CT molecular complexity index is 1620. The topological polar surface area (TPSA) is 31.4 Å². The first-order valence-corrected chi connectivity index (χ1v) is 13.9. The van der Waals surface area contributed by atoms with Crippen molar-refractivity contribution < 1.29 is 9.47 Å². The average Bonchev–Trinajstić information content (AvgIpc) is 3.38. The molecule has 0 aliphatic rings. The molecule has 192 valence electrons. The average molecular weight is 528 g/mol. The summed E-state index contributed by atoms with van der Waals surface area (Å²) in [5.41, 5.74) is 5.18. The maximum Gasteiger partial charge on any atom is 0.139 e. The van der Waals surface area contributed by atoms with E-state index in [0.29, 0.717) is 11.5 Å². The second kappa shape index (κ2) is 10.4. The lowest BCUT2D eigenvalue weighted by molar-refractivity contribution is 0.464. The number of rotatable bonds is 6. The van der Waals surface area contributed by atoms with Gasteiger partial charge in [-0.25, -0.2) is 4.98 Å². The molecule has 0 bridgehead atoms. The summed E-state index contributed by atoms with van der Waals surface area (Å²) in [5.74, 6) is 2.95. The predicted molar refractivity (Wildman–Crippen MR) is 162 cm³/mol. The Morgan fingerprint density at radius 1 is 0.590 bits per heavy atom. The summed E-state index contributed by atoms with van der Waals surface area (Å²) < 4.78 is 14.3. The number of aromatic nitrogens is 1. The molecule has 1 aromatic heterocycles. The van der Waals surface area contributed by atoms with Crippen LogP contribution in [-0.4, -0.2) is 4.98 Å². The molecule has 6 aromatic rings.